The summed E-state index contributed by atoms with van der Waals surface area (Å²) in [5.74, 6) is 0.916. The number of benzene rings is 2. The first-order chi connectivity index (χ1) is 13.1. The summed E-state index contributed by atoms with van der Waals surface area (Å²) in [6.07, 6.45) is 3.10. The van der Waals surface area contributed by atoms with Crippen molar-refractivity contribution in [3.8, 4) is 5.75 Å². The van der Waals surface area contributed by atoms with Crippen LogP contribution in [-0.4, -0.2) is 60.8 Å². The van der Waals surface area contributed by atoms with Gasteiger partial charge < -0.3 is 9.84 Å². The van der Waals surface area contributed by atoms with Gasteiger partial charge in [0.15, 0.2) is 0 Å². The first-order valence-corrected chi connectivity index (χ1v) is 9.91. The van der Waals surface area contributed by atoms with Crippen LogP contribution in [0.2, 0.25) is 0 Å². The lowest BCUT2D eigenvalue weighted by Gasteiger charge is -2.29. The molecule has 1 fully saturated rings. The molecule has 2 unspecified atom stereocenters. The number of rotatable bonds is 9. The fourth-order valence-electron chi connectivity index (χ4n) is 4.09. The van der Waals surface area contributed by atoms with Gasteiger partial charge in [-0.3, -0.25) is 9.80 Å². The van der Waals surface area contributed by atoms with Crippen molar-refractivity contribution in [1.82, 2.24) is 9.80 Å². The number of ether oxygens (including phenoxy) is 1. The number of β-amino-alcohol motifs (C(OH)–C–C–N with tert-alkyl or cyclic N) is 1. The molecule has 1 aliphatic rings. The minimum absolute atomic E-state index is 0.329. The van der Waals surface area contributed by atoms with Crippen LogP contribution in [-0.2, 0) is 13.0 Å². The number of hydrogen-bond acceptors (Lipinski definition) is 4. The van der Waals surface area contributed by atoms with E-state index in [9.17, 15) is 5.11 Å². The first kappa shape index (κ1) is 19.9. The van der Waals surface area contributed by atoms with Crippen LogP contribution < -0.4 is 4.74 Å². The Balaban J connectivity index is 1.49. The molecular formula is C23H32N2O2. The Hall–Kier alpha value is -1.88. The molecule has 2 aromatic carbocycles. The summed E-state index contributed by atoms with van der Waals surface area (Å²) in [6.45, 7) is 3.38. The molecule has 0 amide bonds. The van der Waals surface area contributed by atoms with Crippen LogP contribution >= 0.6 is 0 Å². The van der Waals surface area contributed by atoms with Crippen molar-refractivity contribution in [2.24, 2.45) is 0 Å². The second-order valence-corrected chi connectivity index (χ2v) is 7.68. The molecule has 2 aromatic rings. The van der Waals surface area contributed by atoms with Crippen molar-refractivity contribution >= 4 is 0 Å². The van der Waals surface area contributed by atoms with Crippen molar-refractivity contribution in [2.45, 2.75) is 38.0 Å². The van der Waals surface area contributed by atoms with E-state index in [0.29, 0.717) is 12.6 Å². The van der Waals surface area contributed by atoms with E-state index in [1.807, 2.05) is 12.1 Å². The Labute approximate surface area is 163 Å². The lowest BCUT2D eigenvalue weighted by atomic mass is 10.0. The van der Waals surface area contributed by atoms with E-state index in [1.165, 1.54) is 24.0 Å². The highest BCUT2D eigenvalue weighted by molar-refractivity contribution is 5.29. The largest absolute Gasteiger partial charge is 0.497 e. The molecule has 1 heterocycles. The van der Waals surface area contributed by atoms with Gasteiger partial charge in [-0.15, -0.1) is 0 Å². The third-order valence-corrected chi connectivity index (χ3v) is 5.37. The van der Waals surface area contributed by atoms with Crippen molar-refractivity contribution in [3.63, 3.8) is 0 Å². The van der Waals surface area contributed by atoms with E-state index < -0.39 is 0 Å². The molecule has 0 saturated carbocycles. The number of hydrogen-bond donors (Lipinski definition) is 1. The maximum Gasteiger partial charge on any atom is 0.119 e. The van der Waals surface area contributed by atoms with Crippen molar-refractivity contribution in [1.29, 1.82) is 0 Å². The van der Waals surface area contributed by atoms with Crippen molar-refractivity contribution in [2.75, 3.05) is 33.8 Å². The Kier molecular flexibility index (Phi) is 7.27. The predicted octanol–water partition coefficient (Wildman–Crippen LogP) is 3.20. The second kappa shape index (κ2) is 9.88. The third kappa shape index (κ3) is 6.06. The molecule has 4 nitrogen and oxygen atoms in total. The Morgan fingerprint density at radius 2 is 1.93 bits per heavy atom. The van der Waals surface area contributed by atoms with E-state index >= 15 is 0 Å². The number of aliphatic hydroxyl groups excluding tert-OH is 1. The lowest BCUT2D eigenvalue weighted by Crippen LogP contribution is -2.41. The fourth-order valence-corrected chi connectivity index (χ4v) is 4.09. The van der Waals surface area contributed by atoms with Gasteiger partial charge >= 0.3 is 0 Å². The summed E-state index contributed by atoms with van der Waals surface area (Å²) in [6, 6.07) is 19.3. The number of likely N-dealkylation sites (tertiary alicyclic amines) is 1. The maximum atomic E-state index is 10.6. The van der Waals surface area contributed by atoms with Crippen LogP contribution in [0.5, 0.6) is 5.75 Å². The van der Waals surface area contributed by atoms with Gasteiger partial charge in [0.25, 0.3) is 0 Å². The highest BCUT2D eigenvalue weighted by atomic mass is 16.5. The van der Waals surface area contributed by atoms with Crippen molar-refractivity contribution < 1.29 is 9.84 Å². The first-order valence-electron chi connectivity index (χ1n) is 9.91. The zero-order chi connectivity index (χ0) is 19.1. The molecule has 0 spiro atoms. The van der Waals surface area contributed by atoms with Gasteiger partial charge in [-0.2, -0.15) is 0 Å². The van der Waals surface area contributed by atoms with E-state index in [2.05, 4.69) is 59.3 Å². The minimum Gasteiger partial charge on any atom is -0.497 e. The number of aliphatic hydroxyl groups is 1. The van der Waals surface area contributed by atoms with E-state index in [0.717, 1.165) is 31.8 Å². The molecule has 2 atom stereocenters. The van der Waals surface area contributed by atoms with Crippen molar-refractivity contribution in [3.05, 3.63) is 65.7 Å². The highest BCUT2D eigenvalue weighted by Gasteiger charge is 2.26. The number of nitrogens with zero attached hydrogens (tertiary/aromatic N) is 2. The fraction of sp³-hybridized carbons (Fsp3) is 0.478. The topological polar surface area (TPSA) is 35.9 Å². The zero-order valence-corrected chi connectivity index (χ0v) is 16.6. The molecular weight excluding hydrogens is 336 g/mol. The molecule has 0 aliphatic carbocycles. The van der Waals surface area contributed by atoms with E-state index in [-0.39, 0.29) is 6.10 Å². The standard InChI is InChI=1S/C23H32N2O2/c1-24(16-19-8-4-3-5-9-19)17-22(26)18-25-13-7-11-21(25)14-20-10-6-12-23(15-20)27-2/h3-6,8-10,12,15,21-22,26H,7,11,13-14,16-18H2,1-2H3. The number of methoxy groups -OCH3 is 1. The van der Waals surface area contributed by atoms with Gasteiger partial charge in [-0.05, 0) is 56.1 Å². The third-order valence-electron chi connectivity index (χ3n) is 5.37. The number of likely N-dealkylation sites (N-methyl/N-ethyl adjacent to an activating group) is 1. The summed E-state index contributed by atoms with van der Waals surface area (Å²) in [7, 11) is 3.79. The normalized spacial score (nSPS) is 18.7. The van der Waals surface area contributed by atoms with Crippen LogP contribution in [0.4, 0.5) is 0 Å². The Morgan fingerprint density at radius 3 is 2.70 bits per heavy atom. The predicted molar refractivity (Wildman–Crippen MR) is 110 cm³/mol. The maximum absolute atomic E-state index is 10.6. The summed E-state index contributed by atoms with van der Waals surface area (Å²) in [5.41, 5.74) is 2.59. The second-order valence-electron chi connectivity index (χ2n) is 7.68. The summed E-state index contributed by atoms with van der Waals surface area (Å²) in [4.78, 5) is 4.66. The van der Waals surface area contributed by atoms with E-state index in [1.54, 1.807) is 7.11 Å². The zero-order valence-electron chi connectivity index (χ0n) is 16.6. The summed E-state index contributed by atoms with van der Waals surface area (Å²) >= 11 is 0. The average Bonchev–Trinajstić information content (AvgIpc) is 3.09. The lowest BCUT2D eigenvalue weighted by molar-refractivity contribution is 0.0751. The molecule has 146 valence electrons. The van der Waals surface area contributed by atoms with Gasteiger partial charge in [-0.1, -0.05) is 42.5 Å². The molecule has 1 saturated heterocycles. The molecule has 0 aromatic heterocycles. The van der Waals surface area contributed by atoms with Crippen LogP contribution in [0.1, 0.15) is 24.0 Å². The Bertz CT molecular complexity index is 692. The molecule has 0 radical (unpaired) electrons. The molecule has 0 bridgehead atoms. The smallest absolute Gasteiger partial charge is 0.119 e. The summed E-state index contributed by atoms with van der Waals surface area (Å²) < 4.78 is 5.34. The van der Waals surface area contributed by atoms with E-state index in [4.69, 9.17) is 4.74 Å². The van der Waals surface area contributed by atoms with Crippen LogP contribution in [0.15, 0.2) is 54.6 Å². The van der Waals surface area contributed by atoms with Crippen LogP contribution in [0, 0.1) is 0 Å². The minimum atomic E-state index is -0.329. The van der Waals surface area contributed by atoms with Gasteiger partial charge in [0, 0.05) is 25.7 Å². The quantitative estimate of drug-likeness (QED) is 0.737. The SMILES string of the molecule is COc1cccc(CC2CCCN2CC(O)CN(C)Cc2ccccc2)c1. The molecule has 27 heavy (non-hydrogen) atoms. The van der Waals surface area contributed by atoms with Gasteiger partial charge in [0.2, 0.25) is 0 Å². The molecule has 3 rings (SSSR count). The average molecular weight is 369 g/mol. The van der Waals surface area contributed by atoms with Gasteiger partial charge in [0.1, 0.15) is 5.75 Å². The van der Waals surface area contributed by atoms with Gasteiger partial charge in [0.05, 0.1) is 13.2 Å². The summed E-state index contributed by atoms with van der Waals surface area (Å²) in [5, 5.41) is 10.6. The molecule has 4 heteroatoms. The Morgan fingerprint density at radius 1 is 1.15 bits per heavy atom. The van der Waals surface area contributed by atoms with Crippen LogP contribution in [0.3, 0.4) is 0 Å². The highest BCUT2D eigenvalue weighted by Crippen LogP contribution is 2.23. The van der Waals surface area contributed by atoms with Crippen LogP contribution in [0.25, 0.3) is 0 Å². The molecule has 1 N–H and O–H groups in total. The monoisotopic (exact) mass is 368 g/mol. The molecule has 1 aliphatic heterocycles. The van der Waals surface area contributed by atoms with Gasteiger partial charge in [-0.25, -0.2) is 0 Å².